The van der Waals surface area contributed by atoms with Crippen molar-refractivity contribution in [1.29, 1.82) is 0 Å². The highest BCUT2D eigenvalue weighted by Gasteiger charge is 2.84. The van der Waals surface area contributed by atoms with Crippen LogP contribution in [0.3, 0.4) is 0 Å². The molecule has 0 aliphatic heterocycles. The number of carbonyl (C=O) groups is 4. The molecule has 11 heteroatoms. The second-order valence-corrected chi connectivity index (χ2v) is 4.17. The normalized spacial score (nSPS) is 33.0. The Morgan fingerprint density at radius 3 is 1.30 bits per heavy atom. The van der Waals surface area contributed by atoms with Gasteiger partial charge in [0.1, 0.15) is 0 Å². The van der Waals surface area contributed by atoms with Crippen LogP contribution in [0.4, 0.5) is 13.2 Å². The Labute approximate surface area is 107 Å². The predicted molar refractivity (Wildman–Crippen MR) is 49.5 cm³/mol. The zero-order valence-corrected chi connectivity index (χ0v) is 9.29. The van der Waals surface area contributed by atoms with Gasteiger partial charge in [-0.05, 0) is 0 Å². The Morgan fingerprint density at radius 2 is 1.15 bits per heavy atom. The third kappa shape index (κ3) is 1.69. The van der Waals surface area contributed by atoms with E-state index in [1.807, 2.05) is 0 Å². The van der Waals surface area contributed by atoms with Gasteiger partial charge in [-0.25, -0.2) is 0 Å². The Balaban J connectivity index is 3.60. The van der Waals surface area contributed by atoms with E-state index in [9.17, 15) is 32.3 Å². The average Bonchev–Trinajstić information content (AvgIpc) is 2.09. The predicted octanol–water partition coefficient (Wildman–Crippen LogP) is -0.264. The van der Waals surface area contributed by atoms with E-state index >= 15 is 0 Å². The lowest BCUT2D eigenvalue weighted by molar-refractivity contribution is -0.306. The van der Waals surface area contributed by atoms with Crippen LogP contribution in [0, 0.1) is 23.2 Å². The van der Waals surface area contributed by atoms with E-state index in [0.29, 0.717) is 0 Å². The number of alkyl halides is 3. The third-order valence-electron chi connectivity index (χ3n) is 3.34. The molecule has 1 fully saturated rings. The van der Waals surface area contributed by atoms with Gasteiger partial charge in [-0.2, -0.15) is 13.2 Å². The zero-order chi connectivity index (χ0) is 16.0. The molecule has 0 aromatic heterocycles. The number of carboxylic acid groups (broad SMARTS) is 4. The van der Waals surface area contributed by atoms with Crippen LogP contribution in [0.5, 0.6) is 0 Å². The highest BCUT2D eigenvalue weighted by Crippen LogP contribution is 2.64. The number of rotatable bonds is 4. The molecule has 1 rings (SSSR count). The van der Waals surface area contributed by atoms with Crippen molar-refractivity contribution in [3.05, 3.63) is 0 Å². The maximum atomic E-state index is 13.0. The fraction of sp³-hybridized carbons (Fsp3) is 0.556. The standard InChI is InChI=1S/C9H7F3O8/c10-9(11,12)8(7(19)20)2(5(15)16)1(4(13)14)3(8)6(17)18/h1-3H,(H,13,14)(H,15,16)(H,17,18)(H,19,20). The van der Waals surface area contributed by atoms with Crippen LogP contribution >= 0.6 is 0 Å². The molecule has 0 heterocycles. The van der Waals surface area contributed by atoms with Crippen LogP contribution in [-0.4, -0.2) is 50.5 Å². The molecule has 0 spiro atoms. The SMILES string of the molecule is O=C(O)C1C(C(=O)O)C(C(=O)O)(C(F)(F)F)C1C(=O)O. The fourth-order valence-corrected chi connectivity index (χ4v) is 2.56. The molecule has 0 amide bonds. The van der Waals surface area contributed by atoms with Crippen LogP contribution in [-0.2, 0) is 19.2 Å². The fourth-order valence-electron chi connectivity index (χ4n) is 2.56. The largest absolute Gasteiger partial charge is 0.481 e. The second-order valence-electron chi connectivity index (χ2n) is 4.17. The molecule has 0 radical (unpaired) electrons. The van der Waals surface area contributed by atoms with Crippen molar-refractivity contribution < 1.29 is 52.8 Å². The summed E-state index contributed by atoms with van der Waals surface area (Å²) in [6.45, 7) is 0. The smallest absolute Gasteiger partial charge is 0.406 e. The lowest BCUT2D eigenvalue weighted by Crippen LogP contribution is -2.73. The van der Waals surface area contributed by atoms with E-state index in [1.165, 1.54) is 0 Å². The van der Waals surface area contributed by atoms with E-state index in [4.69, 9.17) is 20.4 Å². The van der Waals surface area contributed by atoms with Gasteiger partial charge in [0.15, 0.2) is 5.41 Å². The van der Waals surface area contributed by atoms with Crippen LogP contribution < -0.4 is 0 Å². The Kier molecular flexibility index (Phi) is 3.42. The Morgan fingerprint density at radius 1 is 0.800 bits per heavy atom. The first-order valence-corrected chi connectivity index (χ1v) is 4.89. The highest BCUT2D eigenvalue weighted by molar-refractivity contribution is 5.99. The molecule has 0 aromatic rings. The number of halogens is 3. The number of carboxylic acids is 4. The topological polar surface area (TPSA) is 149 Å². The number of hydrogen-bond acceptors (Lipinski definition) is 4. The molecule has 1 saturated carbocycles. The monoisotopic (exact) mass is 300 g/mol. The summed E-state index contributed by atoms with van der Waals surface area (Å²) in [5, 5.41) is 34.7. The maximum absolute atomic E-state index is 13.0. The first-order valence-electron chi connectivity index (χ1n) is 4.89. The molecule has 8 nitrogen and oxygen atoms in total. The van der Waals surface area contributed by atoms with Crippen LogP contribution in [0.1, 0.15) is 0 Å². The molecule has 4 N–H and O–H groups in total. The molecule has 112 valence electrons. The summed E-state index contributed by atoms with van der Waals surface area (Å²) in [4.78, 5) is 43.3. The van der Waals surface area contributed by atoms with Crippen molar-refractivity contribution in [1.82, 2.24) is 0 Å². The molecule has 2 atom stereocenters. The molecule has 0 bridgehead atoms. The van der Waals surface area contributed by atoms with Gasteiger partial charge < -0.3 is 20.4 Å². The minimum atomic E-state index is -5.74. The first kappa shape index (κ1) is 15.7. The number of hydrogen-bond donors (Lipinski definition) is 4. The summed E-state index contributed by atoms with van der Waals surface area (Å²) in [6.07, 6.45) is -5.74. The lowest BCUT2D eigenvalue weighted by atomic mass is 9.45. The lowest BCUT2D eigenvalue weighted by Gasteiger charge is -2.52. The van der Waals surface area contributed by atoms with E-state index < -0.39 is 53.2 Å². The second kappa shape index (κ2) is 4.35. The van der Waals surface area contributed by atoms with Gasteiger partial charge >= 0.3 is 30.1 Å². The Bertz CT molecular complexity index is 474. The van der Waals surface area contributed by atoms with Gasteiger partial charge in [-0.1, -0.05) is 0 Å². The van der Waals surface area contributed by atoms with Crippen molar-refractivity contribution in [3.63, 3.8) is 0 Å². The van der Waals surface area contributed by atoms with Gasteiger partial charge in [0, 0.05) is 0 Å². The third-order valence-corrected chi connectivity index (χ3v) is 3.34. The van der Waals surface area contributed by atoms with Gasteiger partial charge in [-0.3, -0.25) is 19.2 Å². The zero-order valence-electron chi connectivity index (χ0n) is 9.29. The van der Waals surface area contributed by atoms with Crippen molar-refractivity contribution >= 4 is 23.9 Å². The van der Waals surface area contributed by atoms with Gasteiger partial charge in [0.25, 0.3) is 0 Å². The van der Waals surface area contributed by atoms with Crippen molar-refractivity contribution in [2.75, 3.05) is 0 Å². The van der Waals surface area contributed by atoms with Crippen molar-refractivity contribution in [2.24, 2.45) is 23.2 Å². The summed E-state index contributed by atoms with van der Waals surface area (Å²) in [5.41, 5.74) is -4.17. The summed E-state index contributed by atoms with van der Waals surface area (Å²) < 4.78 is 38.9. The minimum absolute atomic E-state index is 2.12. The molecular formula is C9H7F3O8. The van der Waals surface area contributed by atoms with Gasteiger partial charge in [0.2, 0.25) is 0 Å². The quantitative estimate of drug-likeness (QED) is 0.554. The van der Waals surface area contributed by atoms with E-state index in [-0.39, 0.29) is 0 Å². The van der Waals surface area contributed by atoms with Crippen molar-refractivity contribution in [2.45, 2.75) is 6.18 Å². The molecule has 1 aliphatic carbocycles. The summed E-state index contributed by atoms with van der Waals surface area (Å²) in [7, 11) is 0. The molecule has 20 heavy (non-hydrogen) atoms. The van der Waals surface area contributed by atoms with E-state index in [0.717, 1.165) is 0 Å². The molecule has 0 aromatic carbocycles. The summed E-state index contributed by atoms with van der Waals surface area (Å²) in [5.74, 6) is -17.8. The molecule has 2 unspecified atom stereocenters. The van der Waals surface area contributed by atoms with Crippen LogP contribution in [0.25, 0.3) is 0 Å². The minimum Gasteiger partial charge on any atom is -0.481 e. The Hall–Kier alpha value is -2.33. The number of aliphatic carboxylic acids is 4. The molecule has 0 saturated heterocycles. The molecule has 1 aliphatic rings. The maximum Gasteiger partial charge on any atom is 0.406 e. The van der Waals surface area contributed by atoms with E-state index in [2.05, 4.69) is 0 Å². The summed E-state index contributed by atoms with van der Waals surface area (Å²) in [6, 6.07) is 0. The van der Waals surface area contributed by atoms with Crippen LogP contribution in [0.2, 0.25) is 0 Å². The van der Waals surface area contributed by atoms with Crippen LogP contribution in [0.15, 0.2) is 0 Å². The van der Waals surface area contributed by atoms with Gasteiger partial charge in [-0.15, -0.1) is 0 Å². The average molecular weight is 300 g/mol. The van der Waals surface area contributed by atoms with Crippen molar-refractivity contribution in [3.8, 4) is 0 Å². The first-order chi connectivity index (χ1) is 8.90. The summed E-state index contributed by atoms with van der Waals surface area (Å²) >= 11 is 0. The van der Waals surface area contributed by atoms with Gasteiger partial charge in [0.05, 0.1) is 17.8 Å². The van der Waals surface area contributed by atoms with E-state index in [1.54, 1.807) is 0 Å². The highest BCUT2D eigenvalue weighted by atomic mass is 19.4. The molecular weight excluding hydrogens is 293 g/mol.